The molecule has 4 heteroatoms. The highest BCUT2D eigenvalue weighted by Crippen LogP contribution is 2.27. The Labute approximate surface area is 110 Å². The Bertz CT molecular complexity index is 556. The molecular weight excluding hydrogens is 248 g/mol. The molecule has 0 aliphatic carbocycles. The molecule has 0 bridgehead atoms. The van der Waals surface area contributed by atoms with E-state index >= 15 is 0 Å². The van der Waals surface area contributed by atoms with Crippen LogP contribution in [0.5, 0.6) is 0 Å². The lowest BCUT2D eigenvalue weighted by molar-refractivity contribution is 0.220. The monoisotopic (exact) mass is 263 g/mol. The van der Waals surface area contributed by atoms with Gasteiger partial charge in [-0.2, -0.15) is 0 Å². The Balaban J connectivity index is 2.33. The van der Waals surface area contributed by atoms with Crippen LogP contribution < -0.4 is 5.32 Å². The lowest BCUT2D eigenvalue weighted by Gasteiger charge is -2.30. The van der Waals surface area contributed by atoms with Gasteiger partial charge in [-0.1, -0.05) is 18.2 Å². The Morgan fingerprint density at radius 1 is 1.05 bits per heavy atom. The molecule has 0 radical (unpaired) electrons. The summed E-state index contributed by atoms with van der Waals surface area (Å²) >= 11 is 0. The van der Waals surface area contributed by atoms with E-state index in [9.17, 15) is 13.9 Å². The Morgan fingerprint density at radius 2 is 1.68 bits per heavy atom. The number of anilines is 1. The average Bonchev–Trinajstić information content (AvgIpc) is 2.42. The normalized spacial score (nSPS) is 13.9. The van der Waals surface area contributed by atoms with Crippen molar-refractivity contribution in [1.29, 1.82) is 0 Å². The lowest BCUT2D eigenvalue weighted by atomic mass is 9.92. The van der Waals surface area contributed by atoms with E-state index < -0.39 is 11.4 Å². The van der Waals surface area contributed by atoms with Crippen molar-refractivity contribution in [1.82, 2.24) is 0 Å². The molecule has 2 rings (SSSR count). The molecule has 2 nitrogen and oxygen atoms in total. The maximum Gasteiger partial charge on any atom is 0.128 e. The third-order valence-corrected chi connectivity index (χ3v) is 3.05. The summed E-state index contributed by atoms with van der Waals surface area (Å²) in [5.41, 5.74) is 0.00595. The Morgan fingerprint density at radius 3 is 2.26 bits per heavy atom. The Kier molecular flexibility index (Phi) is 3.81. The molecular formula is C15H15F2NO. The van der Waals surface area contributed by atoms with Gasteiger partial charge in [-0.25, -0.2) is 8.78 Å². The lowest BCUT2D eigenvalue weighted by Crippen LogP contribution is -2.36. The minimum Gasteiger partial charge on any atom is -0.394 e. The van der Waals surface area contributed by atoms with Gasteiger partial charge in [-0.15, -0.1) is 0 Å². The van der Waals surface area contributed by atoms with E-state index in [1.54, 1.807) is 37.3 Å². The average molecular weight is 263 g/mol. The zero-order chi connectivity index (χ0) is 13.9. The molecule has 0 heterocycles. The number of halogens is 2. The molecule has 0 aliphatic heterocycles. The standard InChI is InChI=1S/C15H15F2NO/c1-15(10-19,13-4-2-3-5-14(13)17)18-12-8-6-11(16)7-9-12/h2-9,18-19H,10H2,1H3. The molecule has 0 amide bonds. The summed E-state index contributed by atoms with van der Waals surface area (Å²) in [5.74, 6) is -0.740. The van der Waals surface area contributed by atoms with Crippen molar-refractivity contribution in [2.45, 2.75) is 12.5 Å². The van der Waals surface area contributed by atoms with E-state index in [0.29, 0.717) is 11.3 Å². The third kappa shape index (κ3) is 2.90. The first-order valence-electron chi connectivity index (χ1n) is 5.95. The van der Waals surface area contributed by atoms with Gasteiger partial charge in [0.2, 0.25) is 0 Å². The second-order valence-electron chi connectivity index (χ2n) is 4.60. The van der Waals surface area contributed by atoms with Gasteiger partial charge in [0, 0.05) is 11.3 Å². The van der Waals surface area contributed by atoms with Crippen LogP contribution in [-0.4, -0.2) is 11.7 Å². The van der Waals surface area contributed by atoms with Crippen molar-refractivity contribution in [2.24, 2.45) is 0 Å². The second-order valence-corrected chi connectivity index (χ2v) is 4.60. The maximum atomic E-state index is 13.8. The number of nitrogens with one attached hydrogen (secondary N) is 1. The molecule has 1 unspecified atom stereocenters. The molecule has 19 heavy (non-hydrogen) atoms. The molecule has 0 fully saturated rings. The first-order valence-corrected chi connectivity index (χ1v) is 5.95. The molecule has 0 aromatic heterocycles. The van der Waals surface area contributed by atoms with Gasteiger partial charge in [0.25, 0.3) is 0 Å². The summed E-state index contributed by atoms with van der Waals surface area (Å²) < 4.78 is 26.7. The molecule has 1 atom stereocenters. The molecule has 2 N–H and O–H groups in total. The zero-order valence-corrected chi connectivity index (χ0v) is 10.5. The molecule has 0 aliphatic rings. The summed E-state index contributed by atoms with van der Waals surface area (Å²) in [6.07, 6.45) is 0. The first-order chi connectivity index (χ1) is 9.05. The van der Waals surface area contributed by atoms with Gasteiger partial charge < -0.3 is 10.4 Å². The molecule has 0 saturated heterocycles. The van der Waals surface area contributed by atoms with Crippen LogP contribution in [0, 0.1) is 11.6 Å². The van der Waals surface area contributed by atoms with Crippen molar-refractivity contribution in [3.05, 3.63) is 65.7 Å². The van der Waals surface area contributed by atoms with Crippen molar-refractivity contribution in [2.75, 3.05) is 11.9 Å². The predicted octanol–water partition coefficient (Wildman–Crippen LogP) is 3.28. The highest BCUT2D eigenvalue weighted by atomic mass is 19.1. The highest BCUT2D eigenvalue weighted by Gasteiger charge is 2.28. The van der Waals surface area contributed by atoms with Crippen LogP contribution in [0.2, 0.25) is 0 Å². The van der Waals surface area contributed by atoms with Crippen molar-refractivity contribution in [3.8, 4) is 0 Å². The van der Waals surface area contributed by atoms with Crippen LogP contribution >= 0.6 is 0 Å². The van der Waals surface area contributed by atoms with Gasteiger partial charge >= 0.3 is 0 Å². The highest BCUT2D eigenvalue weighted by molar-refractivity contribution is 5.48. The number of hydrogen-bond acceptors (Lipinski definition) is 2. The summed E-state index contributed by atoms with van der Waals surface area (Å²) in [5, 5.41) is 12.6. The largest absolute Gasteiger partial charge is 0.394 e. The minimum absolute atomic E-state index is 0.286. The number of rotatable bonds is 4. The van der Waals surface area contributed by atoms with Crippen LogP contribution in [0.1, 0.15) is 12.5 Å². The summed E-state index contributed by atoms with van der Waals surface area (Å²) in [7, 11) is 0. The fourth-order valence-corrected chi connectivity index (χ4v) is 1.95. The molecule has 100 valence electrons. The Hall–Kier alpha value is -1.94. The van der Waals surface area contributed by atoms with Crippen LogP contribution in [0.3, 0.4) is 0 Å². The zero-order valence-electron chi connectivity index (χ0n) is 10.5. The fourth-order valence-electron chi connectivity index (χ4n) is 1.95. The first kappa shape index (κ1) is 13.5. The van der Waals surface area contributed by atoms with E-state index in [1.807, 2.05) is 0 Å². The number of aliphatic hydroxyl groups excluding tert-OH is 1. The molecule has 0 spiro atoms. The van der Waals surface area contributed by atoms with Gasteiger partial charge in [0.15, 0.2) is 0 Å². The SMILES string of the molecule is CC(CO)(Nc1ccc(F)cc1)c1ccccc1F. The van der Waals surface area contributed by atoms with Crippen molar-refractivity contribution >= 4 is 5.69 Å². The van der Waals surface area contributed by atoms with Crippen LogP contribution in [0.25, 0.3) is 0 Å². The van der Waals surface area contributed by atoms with Crippen molar-refractivity contribution in [3.63, 3.8) is 0 Å². The summed E-state index contributed by atoms with van der Waals surface area (Å²) in [6.45, 7) is 1.40. The number of benzene rings is 2. The fraction of sp³-hybridized carbons (Fsp3) is 0.200. The third-order valence-electron chi connectivity index (χ3n) is 3.05. The van der Waals surface area contributed by atoms with Gasteiger partial charge in [0.1, 0.15) is 11.6 Å². The van der Waals surface area contributed by atoms with Gasteiger partial charge in [0.05, 0.1) is 12.1 Å². The molecule has 2 aromatic rings. The van der Waals surface area contributed by atoms with E-state index in [-0.39, 0.29) is 12.4 Å². The summed E-state index contributed by atoms with van der Waals surface area (Å²) in [6, 6.07) is 12.0. The van der Waals surface area contributed by atoms with E-state index in [2.05, 4.69) is 5.32 Å². The minimum atomic E-state index is -0.969. The van der Waals surface area contributed by atoms with Crippen molar-refractivity contribution < 1.29 is 13.9 Å². The quantitative estimate of drug-likeness (QED) is 0.887. The predicted molar refractivity (Wildman–Crippen MR) is 70.9 cm³/mol. The maximum absolute atomic E-state index is 13.8. The van der Waals surface area contributed by atoms with Gasteiger partial charge in [-0.3, -0.25) is 0 Å². The second kappa shape index (κ2) is 5.36. The van der Waals surface area contributed by atoms with Crippen LogP contribution in [0.15, 0.2) is 48.5 Å². The van der Waals surface area contributed by atoms with E-state index in [1.165, 1.54) is 18.2 Å². The molecule has 2 aromatic carbocycles. The smallest absolute Gasteiger partial charge is 0.128 e. The topological polar surface area (TPSA) is 32.3 Å². The van der Waals surface area contributed by atoms with Crippen LogP contribution in [-0.2, 0) is 5.54 Å². The molecule has 0 saturated carbocycles. The number of hydrogen-bond donors (Lipinski definition) is 2. The number of aliphatic hydroxyl groups is 1. The van der Waals surface area contributed by atoms with E-state index in [4.69, 9.17) is 0 Å². The van der Waals surface area contributed by atoms with E-state index in [0.717, 1.165) is 0 Å². The van der Waals surface area contributed by atoms with Gasteiger partial charge in [-0.05, 0) is 37.3 Å². The summed E-state index contributed by atoms with van der Waals surface area (Å²) in [4.78, 5) is 0. The van der Waals surface area contributed by atoms with Crippen LogP contribution in [0.4, 0.5) is 14.5 Å².